The molecule has 0 aliphatic carbocycles. The number of aromatic nitrogens is 8. The van der Waals surface area contributed by atoms with E-state index in [9.17, 15) is 24.3 Å². The number of thiazole rings is 1. The van der Waals surface area contributed by atoms with Crippen LogP contribution in [0.1, 0.15) is 49.5 Å². The zero-order valence-electron chi connectivity index (χ0n) is 36.6. The van der Waals surface area contributed by atoms with E-state index in [0.29, 0.717) is 90.7 Å². The van der Waals surface area contributed by atoms with Gasteiger partial charge < -0.3 is 24.4 Å². The Hall–Kier alpha value is -7.26. The number of hydrogen-bond donors (Lipinski definition) is 3. The number of pyridine rings is 1. The molecule has 5 aromatic heterocycles. The van der Waals surface area contributed by atoms with Crippen LogP contribution in [0.15, 0.2) is 72.8 Å². The van der Waals surface area contributed by atoms with Crippen molar-refractivity contribution < 1.29 is 28.7 Å². The third-order valence-corrected chi connectivity index (χ3v) is 14.2. The van der Waals surface area contributed by atoms with E-state index < -0.39 is 23.5 Å². The number of hydrogen-bond acceptors (Lipinski definition) is 13. The highest BCUT2D eigenvalue weighted by Crippen LogP contribution is 2.35. The summed E-state index contributed by atoms with van der Waals surface area (Å²) in [7, 11) is 1.78. The number of aliphatic hydroxyl groups is 1. The van der Waals surface area contributed by atoms with Crippen molar-refractivity contribution in [2.75, 3.05) is 65.8 Å². The number of anilines is 4. The number of urea groups is 1. The number of piperazine rings is 1. The predicted molar refractivity (Wildman–Crippen MR) is 248 cm³/mol. The maximum absolute atomic E-state index is 15.9. The van der Waals surface area contributed by atoms with Gasteiger partial charge in [-0.1, -0.05) is 12.1 Å². The van der Waals surface area contributed by atoms with E-state index in [1.54, 1.807) is 42.0 Å². The van der Waals surface area contributed by atoms with Crippen LogP contribution >= 0.6 is 11.3 Å². The van der Waals surface area contributed by atoms with Crippen LogP contribution in [0, 0.1) is 5.82 Å². The molecule has 4 aliphatic rings. The van der Waals surface area contributed by atoms with Gasteiger partial charge in [-0.15, -0.1) is 11.3 Å². The number of carbonyl (C=O) groups excluding carboxylic acids is 4. The van der Waals surface area contributed by atoms with Crippen LogP contribution in [-0.4, -0.2) is 124 Å². The fourth-order valence-corrected chi connectivity index (χ4v) is 10.3. The SMILES string of the molecule is Cn1nc(N2CCC(=O)NC2=O)c2ncc(N3CCC(O)(CC(=O)N4CCN(c5ccc(-c6cc(F)c7cn(C(C(=O)Nc8nccs8)c8ncn9c8CCC9)nc7c6)cc5)CC4)CC3)cc21. The Kier molecular flexibility index (Phi) is 10.7. The molecule has 19 nitrogen and oxygen atoms in total. The summed E-state index contributed by atoms with van der Waals surface area (Å²) < 4.78 is 21.1. The number of carbonyl (C=O) groups is 4. The van der Waals surface area contributed by atoms with Gasteiger partial charge in [0.15, 0.2) is 17.0 Å². The van der Waals surface area contributed by atoms with E-state index in [1.165, 1.54) is 27.0 Å². The molecule has 1 unspecified atom stereocenters. The minimum atomic E-state index is -1.13. The highest BCUT2D eigenvalue weighted by molar-refractivity contribution is 7.13. The number of imide groups is 1. The number of nitrogens with zero attached hydrogens (tertiary/aromatic N) is 12. The monoisotopic (exact) mass is 926 g/mol. The average Bonchev–Trinajstić information content (AvgIpc) is 4.19. The molecule has 0 radical (unpaired) electrons. The van der Waals surface area contributed by atoms with Gasteiger partial charge in [-0.25, -0.2) is 24.1 Å². The van der Waals surface area contributed by atoms with Crippen molar-refractivity contribution >= 4 is 79.3 Å². The Labute approximate surface area is 386 Å². The summed E-state index contributed by atoms with van der Waals surface area (Å²) in [4.78, 5) is 72.6. The average molecular weight is 927 g/mol. The van der Waals surface area contributed by atoms with E-state index in [1.807, 2.05) is 41.3 Å². The van der Waals surface area contributed by atoms with Gasteiger partial charge in [-0.3, -0.25) is 39.3 Å². The Morgan fingerprint density at radius 1 is 0.910 bits per heavy atom. The zero-order valence-corrected chi connectivity index (χ0v) is 37.5. The highest BCUT2D eigenvalue weighted by atomic mass is 32.1. The third-order valence-electron chi connectivity index (χ3n) is 13.5. The summed E-state index contributed by atoms with van der Waals surface area (Å²) in [6, 6.07) is 11.7. The van der Waals surface area contributed by atoms with Crippen molar-refractivity contribution in [1.29, 1.82) is 0 Å². The maximum atomic E-state index is 15.9. The number of piperidine rings is 1. The van der Waals surface area contributed by atoms with Gasteiger partial charge in [0, 0.05) is 95.0 Å². The molecule has 3 fully saturated rings. The second-order valence-corrected chi connectivity index (χ2v) is 18.6. The first-order valence-corrected chi connectivity index (χ1v) is 23.3. The molecule has 0 bridgehead atoms. The molecule has 0 saturated carbocycles. The molecular formula is C46H47FN14O5S. The summed E-state index contributed by atoms with van der Waals surface area (Å²) >= 11 is 1.31. The van der Waals surface area contributed by atoms with E-state index >= 15 is 4.39 Å². The van der Waals surface area contributed by atoms with Crippen molar-refractivity contribution in [3.8, 4) is 11.1 Å². The molecule has 3 N–H and O–H groups in total. The number of halogens is 1. The van der Waals surface area contributed by atoms with Gasteiger partial charge in [-0.2, -0.15) is 10.2 Å². The minimum absolute atomic E-state index is 0.0450. The molecular weight excluding hydrogens is 880 g/mol. The van der Waals surface area contributed by atoms with Crippen molar-refractivity contribution in [2.45, 2.75) is 56.7 Å². The van der Waals surface area contributed by atoms with E-state index in [-0.39, 0.29) is 37.1 Å². The summed E-state index contributed by atoms with van der Waals surface area (Å²) in [6.45, 7) is 4.41. The lowest BCUT2D eigenvalue weighted by molar-refractivity contribution is -0.137. The lowest BCUT2D eigenvalue weighted by Crippen LogP contribution is -2.52. The summed E-state index contributed by atoms with van der Waals surface area (Å²) in [5, 5.41) is 28.6. The van der Waals surface area contributed by atoms with Crippen LogP contribution < -0.4 is 25.3 Å². The number of fused-ring (bicyclic) bond motifs is 3. The lowest BCUT2D eigenvalue weighted by atomic mass is 9.87. The smallest absolute Gasteiger partial charge is 0.329 e. The van der Waals surface area contributed by atoms with E-state index in [2.05, 4.69) is 45.1 Å². The van der Waals surface area contributed by atoms with Gasteiger partial charge in [0.05, 0.1) is 52.3 Å². The van der Waals surface area contributed by atoms with Crippen LogP contribution in [0.3, 0.4) is 0 Å². The molecule has 344 valence electrons. The Morgan fingerprint density at radius 3 is 2.46 bits per heavy atom. The molecule has 21 heteroatoms. The molecule has 1 atom stereocenters. The van der Waals surface area contributed by atoms with Crippen LogP contribution in [0.25, 0.3) is 33.1 Å². The van der Waals surface area contributed by atoms with Gasteiger partial charge in [0.2, 0.25) is 11.8 Å². The Morgan fingerprint density at radius 2 is 1.70 bits per heavy atom. The number of benzene rings is 2. The number of amides is 5. The fraction of sp³-hybridized carbons (Fsp3) is 0.370. The molecule has 0 spiro atoms. The van der Waals surface area contributed by atoms with Crippen molar-refractivity contribution in [3.63, 3.8) is 0 Å². The zero-order chi connectivity index (χ0) is 46.0. The van der Waals surface area contributed by atoms with E-state index in [0.717, 1.165) is 47.5 Å². The van der Waals surface area contributed by atoms with Crippen molar-refractivity contribution in [3.05, 3.63) is 90.0 Å². The highest BCUT2D eigenvalue weighted by Gasteiger charge is 2.38. The topological polar surface area (TPSA) is 205 Å². The second kappa shape index (κ2) is 16.9. The van der Waals surface area contributed by atoms with Gasteiger partial charge in [0.1, 0.15) is 11.3 Å². The van der Waals surface area contributed by atoms with Gasteiger partial charge in [0.25, 0.3) is 5.91 Å². The first-order chi connectivity index (χ1) is 32.5. The molecule has 7 aromatic rings. The van der Waals surface area contributed by atoms with Crippen LogP contribution in [-0.2, 0) is 34.4 Å². The second-order valence-electron chi connectivity index (χ2n) is 17.7. The number of rotatable bonds is 10. The summed E-state index contributed by atoms with van der Waals surface area (Å²) in [5.74, 6) is -0.799. The summed E-state index contributed by atoms with van der Waals surface area (Å²) in [5.41, 5.74) is 5.44. The van der Waals surface area contributed by atoms with Gasteiger partial charge in [-0.05, 0) is 67.1 Å². The number of nitrogens with one attached hydrogen (secondary N) is 2. The van der Waals surface area contributed by atoms with Crippen molar-refractivity contribution in [1.82, 2.24) is 49.3 Å². The quantitative estimate of drug-likeness (QED) is 0.174. The minimum Gasteiger partial charge on any atom is -0.389 e. The van der Waals surface area contributed by atoms with Crippen LogP contribution in [0.5, 0.6) is 0 Å². The molecule has 2 aromatic carbocycles. The Balaban J connectivity index is 0.707. The molecule has 11 rings (SSSR count). The molecule has 5 amide bonds. The van der Waals surface area contributed by atoms with Crippen molar-refractivity contribution in [2.24, 2.45) is 7.05 Å². The Bertz CT molecular complexity index is 3060. The van der Waals surface area contributed by atoms with E-state index in [4.69, 9.17) is 5.10 Å². The first kappa shape index (κ1) is 42.4. The van der Waals surface area contributed by atoms with Crippen LogP contribution in [0.2, 0.25) is 0 Å². The summed E-state index contributed by atoms with van der Waals surface area (Å²) in [6.07, 6.45) is 9.48. The first-order valence-electron chi connectivity index (χ1n) is 22.4. The predicted octanol–water partition coefficient (Wildman–Crippen LogP) is 4.47. The largest absolute Gasteiger partial charge is 0.389 e. The maximum Gasteiger partial charge on any atom is 0.329 e. The third kappa shape index (κ3) is 8.00. The van der Waals surface area contributed by atoms with Crippen LogP contribution in [0.4, 0.5) is 31.5 Å². The lowest BCUT2D eigenvalue weighted by Gasteiger charge is -2.41. The number of aryl methyl sites for hydroxylation is 2. The molecule has 67 heavy (non-hydrogen) atoms. The molecule has 3 saturated heterocycles. The normalized spacial score (nSPS) is 17.9. The van der Waals surface area contributed by atoms with Gasteiger partial charge >= 0.3 is 6.03 Å². The fourth-order valence-electron chi connectivity index (χ4n) is 9.82. The molecule has 9 heterocycles. The standard InChI is InChI=1S/C46H47FN14O5S/c1-55-36-23-31(25-49-40(36)42(54-55)60-13-8-37(62)51-45(60)65)56-14-9-46(66,10-15-56)24-38(63)58-18-16-57(17-19-58)30-6-4-28(5-7-30)29-21-33(47)32-26-61(53-34(32)22-29)41(43(64)52-44-48-11-20-67-44)39-35-3-2-12-59(35)27-50-39/h4-7,11,20-23,25-27,41,66H,2-3,8-10,12-19,24H2,1H3,(H,48,52,64)(H,51,62,65). The number of imidazole rings is 1. The molecule has 4 aliphatic heterocycles.